The van der Waals surface area contributed by atoms with Crippen molar-refractivity contribution in [1.82, 2.24) is 4.57 Å². The first-order chi connectivity index (χ1) is 41.9. The number of para-hydroxylation sites is 1. The molecule has 0 saturated heterocycles. The van der Waals surface area contributed by atoms with Crippen LogP contribution in [-0.2, 0) is 32.5 Å². The molecule has 0 N–H and O–H groups in total. The van der Waals surface area contributed by atoms with Crippen molar-refractivity contribution in [1.29, 1.82) is 0 Å². The van der Waals surface area contributed by atoms with Gasteiger partial charge >= 0.3 is 0 Å². The Hall–Kier alpha value is -5.78. The lowest BCUT2D eigenvalue weighted by Crippen LogP contribution is -2.61. The predicted octanol–water partition coefficient (Wildman–Crippen LogP) is 16.1. The third kappa shape index (κ3) is 6.00. The molecule has 70 heavy (non-hydrogen) atoms. The third-order valence-corrected chi connectivity index (χ3v) is 17.5. The van der Waals surface area contributed by atoms with Gasteiger partial charge in [0.2, 0.25) is 0 Å². The van der Waals surface area contributed by atoms with E-state index in [0.29, 0.717) is 23.3 Å². The van der Waals surface area contributed by atoms with Gasteiger partial charge in [-0.05, 0) is 140 Å². The Balaban J connectivity index is 1.38. The van der Waals surface area contributed by atoms with E-state index < -0.39 is 159 Å². The fraction of sp³-hybridized carbons (Fsp3) is 0.354. The Morgan fingerprint density at radius 3 is 1.71 bits per heavy atom. The predicted molar refractivity (Wildman–Crippen MR) is 302 cm³/mol. The van der Waals surface area contributed by atoms with Crippen LogP contribution < -0.4 is 25.5 Å². The highest BCUT2D eigenvalue weighted by Gasteiger charge is 2.55. The maximum Gasteiger partial charge on any atom is 0.264 e. The lowest BCUT2D eigenvalue weighted by Gasteiger charge is -2.51. The summed E-state index contributed by atoms with van der Waals surface area (Å²) in [7, 11) is 0. The van der Waals surface area contributed by atoms with Crippen LogP contribution in [0.5, 0.6) is 0 Å². The second kappa shape index (κ2) is 14.2. The quantitative estimate of drug-likeness (QED) is 0.164. The van der Waals surface area contributed by atoms with Crippen molar-refractivity contribution in [3.8, 4) is 16.9 Å². The van der Waals surface area contributed by atoms with Gasteiger partial charge in [-0.15, -0.1) is 0 Å². The van der Waals surface area contributed by atoms with E-state index in [1.807, 2.05) is 20.8 Å². The number of fused-ring (bicyclic) bond motifs is 11. The highest BCUT2D eigenvalue weighted by atomic mass is 32.1. The van der Waals surface area contributed by atoms with E-state index in [-0.39, 0.29) is 102 Å². The largest absolute Gasteiger partial charge is 0.311 e. The fourth-order valence-corrected chi connectivity index (χ4v) is 13.7. The van der Waals surface area contributed by atoms with Crippen LogP contribution in [0.1, 0.15) is 183 Å². The minimum absolute atomic E-state index is 0.00309. The van der Waals surface area contributed by atoms with Gasteiger partial charge in [-0.25, -0.2) is 0 Å². The molecule has 4 heterocycles. The van der Waals surface area contributed by atoms with E-state index >= 15 is 0 Å². The first-order valence-electron chi connectivity index (χ1n) is 35.0. The van der Waals surface area contributed by atoms with Gasteiger partial charge in [0.15, 0.2) is 0 Å². The molecule has 6 aliphatic rings. The summed E-state index contributed by atoms with van der Waals surface area (Å²) in [6, 6.07) is -11.3. The Morgan fingerprint density at radius 1 is 0.543 bits per heavy atom. The molecule has 6 aromatic carbocycles. The summed E-state index contributed by atoms with van der Waals surface area (Å²) in [5, 5.41) is -0.136. The zero-order valence-corrected chi connectivity index (χ0v) is 43.0. The zero-order chi connectivity index (χ0) is 67.1. The topological polar surface area (TPSA) is 11.4 Å². The molecule has 1 saturated carbocycles. The number of nitrogens with zero attached hydrogens (tertiary/aromatic N) is 3. The van der Waals surface area contributed by atoms with Gasteiger partial charge < -0.3 is 14.4 Å². The van der Waals surface area contributed by atoms with Crippen molar-refractivity contribution >= 4 is 78.8 Å². The summed E-state index contributed by atoms with van der Waals surface area (Å²) in [6.07, 6.45) is 2.86. The maximum atomic E-state index is 11.4. The van der Waals surface area contributed by atoms with Crippen LogP contribution in [0.2, 0.25) is 0 Å². The van der Waals surface area contributed by atoms with Crippen LogP contribution in [0.25, 0.3) is 27.8 Å². The number of rotatable bonds is 3. The van der Waals surface area contributed by atoms with Gasteiger partial charge in [0.1, 0.15) is 0 Å². The van der Waals surface area contributed by atoms with Crippen molar-refractivity contribution < 1.29 is 28.8 Å². The van der Waals surface area contributed by atoms with E-state index in [0.717, 1.165) is 23.3 Å². The molecule has 2 aromatic heterocycles. The van der Waals surface area contributed by atoms with Crippen LogP contribution in [0.3, 0.4) is 0 Å². The third-order valence-electron chi connectivity index (χ3n) is 16.0. The summed E-state index contributed by atoms with van der Waals surface area (Å²) in [5.74, 6) is 0. The molecule has 0 spiro atoms. The Kier molecular flexibility index (Phi) is 5.52. The molecule has 2 aliphatic heterocycles. The van der Waals surface area contributed by atoms with Gasteiger partial charge in [0.25, 0.3) is 6.71 Å². The van der Waals surface area contributed by atoms with E-state index in [4.69, 9.17) is 4.11 Å². The van der Waals surface area contributed by atoms with Crippen LogP contribution in [0.4, 0.5) is 34.1 Å². The van der Waals surface area contributed by atoms with Gasteiger partial charge in [-0.2, -0.15) is 11.3 Å². The number of thiophene rings is 1. The van der Waals surface area contributed by atoms with E-state index in [2.05, 4.69) is 13.8 Å². The molecule has 352 valence electrons. The smallest absolute Gasteiger partial charge is 0.264 e. The van der Waals surface area contributed by atoms with Gasteiger partial charge in [-0.3, -0.25) is 0 Å². The lowest BCUT2D eigenvalue weighted by atomic mass is 9.35. The zero-order valence-electron chi connectivity index (χ0n) is 63.2. The van der Waals surface area contributed by atoms with Crippen LogP contribution in [0, 0.1) is 0 Å². The van der Waals surface area contributed by atoms with Crippen molar-refractivity contribution in [3.63, 3.8) is 0 Å². The van der Waals surface area contributed by atoms with Crippen LogP contribution in [0.15, 0.2) is 127 Å². The van der Waals surface area contributed by atoms with E-state index in [1.54, 1.807) is 60.3 Å². The molecule has 0 radical (unpaired) electrons. The highest BCUT2D eigenvalue weighted by molar-refractivity contribution is 7.29. The number of hydrogen-bond acceptors (Lipinski definition) is 3. The molecule has 0 atom stereocenters. The summed E-state index contributed by atoms with van der Waals surface area (Å²) < 4.78 is 211. The SMILES string of the molecule is [2H]c1c([2H])c([2H])c2c(c1[2H])-c1c(c3c([2H])c([2H])c([2H])c([2H])c3n1-c1c([2H])c3c4c(c1[2H])N(c1c([2H])c([2H])c(C(C)(C)C)c([2H])c1[2H])c1c(sc5c1C1(C)CCC5(C)CC1)B4c1c([2H])c(C(C)(C)C)c([2H])c([2H])c1N3c1c([2H])c([2H])c(C(C)(C)C)c([2H])c1[2H])C2(C)C. The second-order valence-electron chi connectivity index (χ2n) is 24.3. The Bertz CT molecular complexity index is 4700. The summed E-state index contributed by atoms with van der Waals surface area (Å²) in [6.45, 7) is 22.3. The fourth-order valence-electron chi connectivity index (χ4n) is 11.9. The van der Waals surface area contributed by atoms with Crippen molar-refractivity contribution in [3.05, 3.63) is 165 Å². The number of anilines is 6. The Labute approximate surface area is 451 Å². The molecule has 2 bridgehead atoms. The van der Waals surface area contributed by atoms with Crippen molar-refractivity contribution in [2.45, 2.75) is 148 Å². The molecule has 8 aromatic rings. The monoisotopic (exact) mass is 955 g/mol. The average Bonchev–Trinajstić information content (AvgIpc) is 1.65. The molecule has 5 heteroatoms. The van der Waals surface area contributed by atoms with Crippen molar-refractivity contribution in [2.75, 3.05) is 9.80 Å². The van der Waals surface area contributed by atoms with Crippen LogP contribution in [-0.4, -0.2) is 11.3 Å². The minimum atomic E-state index is -1.50. The molecular weight excluding hydrogens is 866 g/mol. The first kappa shape index (κ1) is 27.2. The number of aromatic nitrogens is 1. The minimum Gasteiger partial charge on any atom is -0.311 e. The first-order valence-corrected chi connectivity index (χ1v) is 25.3. The molecule has 1 fully saturated rings. The Morgan fingerprint density at radius 2 is 1.09 bits per heavy atom. The standard InChI is InChI=1S/C65H68BN3S/c1-60(2,3)39-22-27-42(28-23-39)67-50-31-26-41(62(7,8)9)36-48(50)66-55-51(67)37-44(69-49-21-17-15-19-46(49)53-56(69)45-18-14-16-20-47(45)63(53,10)11)38-52(55)68(43-29-24-40(25-30-43)61(4,5)6)57-54-58(70-59(57)66)65(13)34-32-64(54,12)33-35-65/h14-31,36-38H,32-35H2,1-13H3/i14D,15D,16D,17D,18D,19D,20D,21D,22D,23D,24D,25D,26D,27D,28D,29D,30D,31D,36D,37D,38D. The summed E-state index contributed by atoms with van der Waals surface area (Å²) in [5.41, 5.74) is -6.56. The second-order valence-corrected chi connectivity index (χ2v) is 25.4. The van der Waals surface area contributed by atoms with Crippen molar-refractivity contribution in [2.24, 2.45) is 0 Å². The highest BCUT2D eigenvalue weighted by Crippen LogP contribution is 2.63. The summed E-state index contributed by atoms with van der Waals surface area (Å²) in [4.78, 5) is 3.68. The number of hydrogen-bond donors (Lipinski definition) is 0. The van der Waals surface area contributed by atoms with E-state index in [9.17, 15) is 24.7 Å². The maximum absolute atomic E-state index is 11.4. The van der Waals surface area contributed by atoms with E-state index in [1.165, 1.54) is 20.8 Å². The van der Waals surface area contributed by atoms with Gasteiger partial charge in [0.05, 0.1) is 51.4 Å². The molecule has 0 unspecified atom stereocenters. The molecule has 14 rings (SSSR count). The van der Waals surface area contributed by atoms with Gasteiger partial charge in [0, 0.05) is 59.9 Å². The lowest BCUT2D eigenvalue weighted by molar-refractivity contribution is 0.193. The molecule has 4 aliphatic carbocycles. The van der Waals surface area contributed by atoms with Crippen LogP contribution >= 0.6 is 11.3 Å². The molecular formula is C65H68BN3S. The molecule has 0 amide bonds. The average molecular weight is 955 g/mol. The normalized spacial score (nSPS) is 24.8. The molecule has 3 nitrogen and oxygen atoms in total. The number of benzene rings is 6. The van der Waals surface area contributed by atoms with Gasteiger partial charge in [-0.1, -0.05) is 169 Å². The summed E-state index contributed by atoms with van der Waals surface area (Å²) >= 11 is 1.42.